The second-order valence-electron chi connectivity index (χ2n) is 7.06. The Hall–Kier alpha value is -1.83. The highest BCUT2D eigenvalue weighted by molar-refractivity contribution is 7.90. The number of aliphatic hydroxyl groups is 1. The fraction of sp³-hybridized carbons (Fsp3) is 0.368. The van der Waals surface area contributed by atoms with Crippen LogP contribution in [0, 0.1) is 11.6 Å². The van der Waals surface area contributed by atoms with Crippen molar-refractivity contribution >= 4 is 9.84 Å². The molecule has 0 saturated carbocycles. The minimum Gasteiger partial charge on any atom is -0.384 e. The average Bonchev–Trinajstić information content (AvgIpc) is 2.53. The molecular weight excluding hydrogens is 360 g/mol. The molecule has 1 N–H and O–H groups in total. The first-order chi connectivity index (χ1) is 12.1. The van der Waals surface area contributed by atoms with E-state index >= 15 is 0 Å². The number of rotatable bonds is 4. The Morgan fingerprint density at radius 3 is 2.46 bits per heavy atom. The summed E-state index contributed by atoms with van der Waals surface area (Å²) >= 11 is 0. The molecule has 2 aromatic rings. The monoisotopic (exact) mass is 381 g/mol. The smallest absolute Gasteiger partial charge is 0.175 e. The molecule has 1 heterocycles. The van der Waals surface area contributed by atoms with Crippen LogP contribution >= 0.6 is 0 Å². The van der Waals surface area contributed by atoms with Gasteiger partial charge in [0.2, 0.25) is 0 Å². The molecule has 3 rings (SSSR count). The first kappa shape index (κ1) is 18.9. The van der Waals surface area contributed by atoms with Gasteiger partial charge in [-0.3, -0.25) is 4.90 Å². The van der Waals surface area contributed by atoms with Crippen LogP contribution in [0.2, 0.25) is 0 Å². The van der Waals surface area contributed by atoms with E-state index in [1.807, 2.05) is 4.90 Å². The molecule has 0 radical (unpaired) electrons. The van der Waals surface area contributed by atoms with Gasteiger partial charge in [-0.2, -0.15) is 0 Å². The van der Waals surface area contributed by atoms with Crippen molar-refractivity contribution in [3.63, 3.8) is 0 Å². The van der Waals surface area contributed by atoms with Crippen molar-refractivity contribution < 1.29 is 22.3 Å². The van der Waals surface area contributed by atoms with Crippen molar-refractivity contribution in [2.75, 3.05) is 19.3 Å². The SMILES string of the molecule is CC(O)(CN1CCc2c(F)cc(F)cc2C1)c1ccc(S(C)(=O)=O)cc1. The summed E-state index contributed by atoms with van der Waals surface area (Å²) in [6, 6.07) is 8.35. The lowest BCUT2D eigenvalue weighted by Crippen LogP contribution is -2.41. The predicted octanol–water partition coefficient (Wildman–Crippen LogP) is 2.63. The van der Waals surface area contributed by atoms with E-state index in [1.165, 1.54) is 18.2 Å². The van der Waals surface area contributed by atoms with Crippen molar-refractivity contribution in [3.05, 3.63) is 64.7 Å². The molecule has 0 amide bonds. The summed E-state index contributed by atoms with van der Waals surface area (Å²) < 4.78 is 50.4. The van der Waals surface area contributed by atoms with E-state index in [-0.39, 0.29) is 11.4 Å². The van der Waals surface area contributed by atoms with Gasteiger partial charge in [-0.05, 0) is 48.2 Å². The van der Waals surface area contributed by atoms with Crippen LogP contribution in [0.25, 0.3) is 0 Å². The summed E-state index contributed by atoms with van der Waals surface area (Å²) in [6.45, 7) is 2.81. The van der Waals surface area contributed by atoms with Crippen LogP contribution < -0.4 is 0 Å². The molecule has 0 spiro atoms. The summed E-state index contributed by atoms with van der Waals surface area (Å²) in [5.74, 6) is -1.13. The van der Waals surface area contributed by atoms with E-state index in [2.05, 4.69) is 0 Å². The second kappa shape index (κ2) is 6.72. The van der Waals surface area contributed by atoms with Crippen LogP contribution in [0.4, 0.5) is 8.78 Å². The third-order valence-electron chi connectivity index (χ3n) is 4.76. The molecular formula is C19H21F2NO3S. The Labute approximate surface area is 152 Å². The highest BCUT2D eigenvalue weighted by Crippen LogP contribution is 2.28. The maximum absolute atomic E-state index is 13.8. The Balaban J connectivity index is 1.77. The van der Waals surface area contributed by atoms with Crippen LogP contribution in [0.1, 0.15) is 23.6 Å². The fourth-order valence-electron chi connectivity index (χ4n) is 3.39. The maximum Gasteiger partial charge on any atom is 0.175 e. The van der Waals surface area contributed by atoms with Crippen molar-refractivity contribution in [1.82, 2.24) is 4.90 Å². The highest BCUT2D eigenvalue weighted by atomic mass is 32.2. The molecule has 140 valence electrons. The molecule has 0 aliphatic carbocycles. The lowest BCUT2D eigenvalue weighted by atomic mass is 9.93. The Morgan fingerprint density at radius 1 is 1.19 bits per heavy atom. The molecule has 1 aliphatic heterocycles. The number of nitrogens with zero attached hydrogens (tertiary/aromatic N) is 1. The van der Waals surface area contributed by atoms with Gasteiger partial charge in [-0.25, -0.2) is 17.2 Å². The number of β-amino-alcohol motifs (C(OH)–C–C–N with tert-alkyl or cyclic N) is 1. The first-order valence-electron chi connectivity index (χ1n) is 8.28. The van der Waals surface area contributed by atoms with E-state index in [4.69, 9.17) is 0 Å². The summed E-state index contributed by atoms with van der Waals surface area (Å²) in [5, 5.41) is 10.8. The van der Waals surface area contributed by atoms with E-state index in [0.717, 1.165) is 12.3 Å². The van der Waals surface area contributed by atoms with Gasteiger partial charge in [-0.1, -0.05) is 12.1 Å². The third-order valence-corrected chi connectivity index (χ3v) is 5.89. The molecule has 26 heavy (non-hydrogen) atoms. The third kappa shape index (κ3) is 3.95. The number of sulfone groups is 1. The Morgan fingerprint density at radius 2 is 1.85 bits per heavy atom. The predicted molar refractivity (Wildman–Crippen MR) is 94.5 cm³/mol. The molecule has 0 saturated heterocycles. The van der Waals surface area contributed by atoms with E-state index in [1.54, 1.807) is 19.1 Å². The number of benzene rings is 2. The first-order valence-corrected chi connectivity index (χ1v) is 10.2. The molecule has 4 nitrogen and oxygen atoms in total. The van der Waals surface area contributed by atoms with Crippen molar-refractivity contribution in [3.8, 4) is 0 Å². The number of halogens is 2. The lowest BCUT2D eigenvalue weighted by molar-refractivity contribution is 0.0115. The number of hydrogen-bond acceptors (Lipinski definition) is 4. The zero-order valence-electron chi connectivity index (χ0n) is 14.7. The van der Waals surface area contributed by atoms with Gasteiger partial charge >= 0.3 is 0 Å². The van der Waals surface area contributed by atoms with Gasteiger partial charge < -0.3 is 5.11 Å². The van der Waals surface area contributed by atoms with Gasteiger partial charge in [0.05, 0.1) is 10.5 Å². The average molecular weight is 381 g/mol. The fourth-order valence-corrected chi connectivity index (χ4v) is 4.02. The molecule has 1 atom stereocenters. The normalized spacial score (nSPS) is 17.6. The summed E-state index contributed by atoms with van der Waals surface area (Å²) in [7, 11) is -3.30. The molecule has 0 bridgehead atoms. The number of fused-ring (bicyclic) bond motifs is 1. The second-order valence-corrected chi connectivity index (χ2v) is 9.07. The summed E-state index contributed by atoms with van der Waals surface area (Å²) in [6.07, 6.45) is 1.58. The molecule has 0 aromatic heterocycles. The van der Waals surface area contributed by atoms with Gasteiger partial charge in [0.25, 0.3) is 0 Å². The Kier molecular flexibility index (Phi) is 4.90. The summed E-state index contributed by atoms with van der Waals surface area (Å²) in [5.41, 5.74) is 0.484. The van der Waals surface area contributed by atoms with Crippen LogP contribution in [0.5, 0.6) is 0 Å². The lowest BCUT2D eigenvalue weighted by Gasteiger charge is -2.35. The molecule has 0 fully saturated rings. The van der Waals surface area contributed by atoms with Crippen LogP contribution in [-0.2, 0) is 28.4 Å². The zero-order chi connectivity index (χ0) is 19.1. The zero-order valence-corrected chi connectivity index (χ0v) is 15.5. The minimum atomic E-state index is -3.30. The van der Waals surface area contributed by atoms with Crippen molar-refractivity contribution in [2.45, 2.75) is 30.4 Å². The van der Waals surface area contributed by atoms with Gasteiger partial charge in [0.1, 0.15) is 11.6 Å². The van der Waals surface area contributed by atoms with Crippen LogP contribution in [-0.4, -0.2) is 37.8 Å². The van der Waals surface area contributed by atoms with Gasteiger partial charge in [0.15, 0.2) is 9.84 Å². The van der Waals surface area contributed by atoms with Crippen molar-refractivity contribution in [2.24, 2.45) is 0 Å². The molecule has 1 aliphatic rings. The molecule has 2 aromatic carbocycles. The van der Waals surface area contributed by atoms with Crippen LogP contribution in [0.3, 0.4) is 0 Å². The molecule has 7 heteroatoms. The van der Waals surface area contributed by atoms with Crippen LogP contribution in [0.15, 0.2) is 41.3 Å². The van der Waals surface area contributed by atoms with Gasteiger partial charge in [0, 0.05) is 32.0 Å². The van der Waals surface area contributed by atoms with E-state index in [9.17, 15) is 22.3 Å². The summed E-state index contributed by atoms with van der Waals surface area (Å²) in [4.78, 5) is 2.13. The van der Waals surface area contributed by atoms with E-state index < -0.39 is 27.1 Å². The maximum atomic E-state index is 13.8. The van der Waals surface area contributed by atoms with Crippen molar-refractivity contribution in [1.29, 1.82) is 0 Å². The minimum absolute atomic E-state index is 0.190. The number of hydrogen-bond donors (Lipinski definition) is 1. The Bertz CT molecular complexity index is 925. The van der Waals surface area contributed by atoms with Gasteiger partial charge in [-0.15, -0.1) is 0 Å². The highest BCUT2D eigenvalue weighted by Gasteiger charge is 2.29. The standard InChI is InChI=1S/C19H21F2NO3S/c1-19(23,14-3-5-16(6-4-14)26(2,24)25)12-22-8-7-17-13(11-22)9-15(20)10-18(17)21/h3-6,9-10,23H,7-8,11-12H2,1-2H3. The largest absolute Gasteiger partial charge is 0.384 e. The quantitative estimate of drug-likeness (QED) is 0.885. The van der Waals surface area contributed by atoms with E-state index in [0.29, 0.717) is 36.2 Å². The topological polar surface area (TPSA) is 57.6 Å². The molecule has 1 unspecified atom stereocenters.